The molecule has 0 unspecified atom stereocenters. The van der Waals surface area contributed by atoms with Crippen molar-refractivity contribution >= 4 is 17.4 Å². The largest absolute Gasteiger partial charge is 0.444 e. The van der Waals surface area contributed by atoms with Gasteiger partial charge in [0.25, 0.3) is 0 Å². The van der Waals surface area contributed by atoms with Gasteiger partial charge in [0.2, 0.25) is 0 Å². The quantitative estimate of drug-likeness (QED) is 0.838. The molecule has 3 fully saturated rings. The van der Waals surface area contributed by atoms with Crippen LogP contribution in [0.25, 0.3) is 0 Å². The van der Waals surface area contributed by atoms with Gasteiger partial charge in [0.15, 0.2) is 0 Å². The number of aromatic nitrogens is 1. The van der Waals surface area contributed by atoms with E-state index in [1.807, 2.05) is 37.0 Å². The monoisotopic (exact) mass is 349 g/mol. The lowest BCUT2D eigenvalue weighted by Gasteiger charge is -2.53. The van der Waals surface area contributed by atoms with Gasteiger partial charge in [0.1, 0.15) is 5.60 Å². The predicted octanol–water partition coefficient (Wildman–Crippen LogP) is 3.46. The fourth-order valence-corrected chi connectivity index (χ4v) is 4.68. The Balaban J connectivity index is 1.33. The summed E-state index contributed by atoms with van der Waals surface area (Å²) in [4.78, 5) is 21.5. The molecule has 6 heteroatoms. The minimum atomic E-state index is -0.424. The molecule has 2 saturated heterocycles. The van der Waals surface area contributed by atoms with E-state index in [0.717, 1.165) is 44.4 Å². The molecule has 1 aromatic rings. The summed E-state index contributed by atoms with van der Waals surface area (Å²) in [6.07, 6.45) is 3.54. The van der Waals surface area contributed by atoms with Crippen LogP contribution in [0.1, 0.15) is 56.7 Å². The average Bonchev–Trinajstić information content (AvgIpc) is 3.22. The number of nitrogens with zero attached hydrogens (tertiary/aromatic N) is 3. The molecule has 3 aliphatic rings. The van der Waals surface area contributed by atoms with Crippen molar-refractivity contribution in [3.05, 3.63) is 16.1 Å². The van der Waals surface area contributed by atoms with E-state index >= 15 is 0 Å². The maximum absolute atomic E-state index is 12.3. The summed E-state index contributed by atoms with van der Waals surface area (Å²) >= 11 is 1.82. The molecule has 24 heavy (non-hydrogen) atoms. The molecule has 0 N–H and O–H groups in total. The fraction of sp³-hybridized carbons (Fsp3) is 0.778. The molecule has 3 heterocycles. The normalized spacial score (nSPS) is 27.5. The number of carbonyl (C=O) groups excluding carboxylic acids is 1. The van der Waals surface area contributed by atoms with Gasteiger partial charge in [0, 0.05) is 43.5 Å². The zero-order chi connectivity index (χ0) is 16.9. The lowest BCUT2D eigenvalue weighted by atomic mass is 9.82. The Morgan fingerprint density at radius 1 is 1.33 bits per heavy atom. The molecule has 1 amide bonds. The van der Waals surface area contributed by atoms with Crippen molar-refractivity contribution in [2.75, 3.05) is 19.6 Å². The molecule has 1 aromatic heterocycles. The van der Waals surface area contributed by atoms with Crippen LogP contribution in [0.3, 0.4) is 0 Å². The lowest BCUT2D eigenvalue weighted by Crippen LogP contribution is -2.64. The lowest BCUT2D eigenvalue weighted by molar-refractivity contribution is -0.0561. The average molecular weight is 350 g/mol. The predicted molar refractivity (Wildman–Crippen MR) is 94.2 cm³/mol. The van der Waals surface area contributed by atoms with Gasteiger partial charge in [-0.2, -0.15) is 0 Å². The molecule has 0 bridgehead atoms. The van der Waals surface area contributed by atoms with Crippen LogP contribution in [0, 0.1) is 5.92 Å². The number of fused-ring (bicyclic) bond motifs is 1. The van der Waals surface area contributed by atoms with Crippen molar-refractivity contribution in [2.45, 2.75) is 64.1 Å². The van der Waals surface area contributed by atoms with Gasteiger partial charge in [0.05, 0.1) is 10.7 Å². The summed E-state index contributed by atoms with van der Waals surface area (Å²) in [7, 11) is 0. The maximum Gasteiger partial charge on any atom is 0.410 e. The highest BCUT2D eigenvalue weighted by Crippen LogP contribution is 2.42. The summed E-state index contributed by atoms with van der Waals surface area (Å²) < 4.78 is 5.53. The first-order valence-electron chi connectivity index (χ1n) is 9.05. The van der Waals surface area contributed by atoms with E-state index in [-0.39, 0.29) is 6.09 Å². The van der Waals surface area contributed by atoms with E-state index in [9.17, 15) is 4.79 Å². The van der Waals surface area contributed by atoms with Crippen LogP contribution >= 0.6 is 11.3 Å². The third kappa shape index (κ3) is 3.45. The Morgan fingerprint density at radius 3 is 2.83 bits per heavy atom. The van der Waals surface area contributed by atoms with Gasteiger partial charge in [-0.05, 0) is 46.0 Å². The fourth-order valence-electron chi connectivity index (χ4n) is 3.70. The molecule has 0 aromatic carbocycles. The van der Waals surface area contributed by atoms with Gasteiger partial charge >= 0.3 is 6.09 Å². The van der Waals surface area contributed by atoms with Crippen molar-refractivity contribution < 1.29 is 9.53 Å². The first-order chi connectivity index (χ1) is 11.4. The van der Waals surface area contributed by atoms with Crippen LogP contribution in [-0.2, 0) is 11.3 Å². The second kappa shape index (κ2) is 5.99. The van der Waals surface area contributed by atoms with Crippen LogP contribution in [0.15, 0.2) is 5.38 Å². The molecule has 0 spiro atoms. The standard InChI is InChI=1S/C18H27N3O2S/c1-18(2,3)23-17(22)20-7-6-13-8-21(15(13)10-20)9-14-11-24-16(19-14)12-4-5-12/h11-13,15H,4-10H2,1-3H3/t13-,15-/m1/s1. The first-order valence-corrected chi connectivity index (χ1v) is 9.93. The topological polar surface area (TPSA) is 45.7 Å². The summed E-state index contributed by atoms with van der Waals surface area (Å²) in [6, 6.07) is 0.470. The summed E-state index contributed by atoms with van der Waals surface area (Å²) in [6.45, 7) is 9.45. The van der Waals surface area contributed by atoms with Crippen molar-refractivity contribution in [3.63, 3.8) is 0 Å². The van der Waals surface area contributed by atoms with Crippen molar-refractivity contribution in [1.29, 1.82) is 0 Å². The summed E-state index contributed by atoms with van der Waals surface area (Å²) in [5.74, 6) is 1.47. The highest BCUT2D eigenvalue weighted by molar-refractivity contribution is 7.09. The Labute approximate surface area is 148 Å². The number of hydrogen-bond acceptors (Lipinski definition) is 5. The number of hydrogen-bond donors (Lipinski definition) is 0. The molecule has 1 aliphatic carbocycles. The second-order valence-electron chi connectivity index (χ2n) is 8.42. The third-order valence-electron chi connectivity index (χ3n) is 5.17. The third-order valence-corrected chi connectivity index (χ3v) is 6.23. The molecule has 5 nitrogen and oxygen atoms in total. The number of thiazole rings is 1. The van der Waals surface area contributed by atoms with E-state index in [0.29, 0.717) is 6.04 Å². The molecular weight excluding hydrogens is 322 g/mol. The SMILES string of the molecule is CC(C)(C)OC(=O)N1CC[C@@H]2CN(Cc3csc(C4CC4)n3)[C@@H]2C1. The van der Waals surface area contributed by atoms with Gasteiger partial charge in [-0.15, -0.1) is 11.3 Å². The zero-order valence-electron chi connectivity index (χ0n) is 14.8. The molecule has 0 radical (unpaired) electrons. The first kappa shape index (κ1) is 16.3. The van der Waals surface area contributed by atoms with E-state index in [2.05, 4.69) is 10.3 Å². The Hall–Kier alpha value is -1.14. The molecule has 2 atom stereocenters. The Kier molecular flexibility index (Phi) is 4.07. The van der Waals surface area contributed by atoms with Crippen LogP contribution < -0.4 is 0 Å². The molecule has 4 rings (SSSR count). The number of carbonyl (C=O) groups is 1. The number of rotatable bonds is 3. The van der Waals surface area contributed by atoms with Crippen molar-refractivity contribution in [2.24, 2.45) is 5.92 Å². The zero-order valence-corrected chi connectivity index (χ0v) is 15.6. The summed E-state index contributed by atoms with van der Waals surface area (Å²) in [5, 5.41) is 3.54. The number of ether oxygens (including phenoxy) is 1. The van der Waals surface area contributed by atoms with E-state index in [1.165, 1.54) is 23.5 Å². The van der Waals surface area contributed by atoms with Gasteiger partial charge in [-0.1, -0.05) is 0 Å². The highest BCUT2D eigenvalue weighted by atomic mass is 32.1. The van der Waals surface area contributed by atoms with Crippen molar-refractivity contribution in [1.82, 2.24) is 14.8 Å². The van der Waals surface area contributed by atoms with Crippen LogP contribution in [0.4, 0.5) is 4.79 Å². The highest BCUT2D eigenvalue weighted by Gasteiger charge is 2.44. The van der Waals surface area contributed by atoms with Crippen LogP contribution in [-0.4, -0.2) is 52.2 Å². The smallest absolute Gasteiger partial charge is 0.410 e. The van der Waals surface area contributed by atoms with E-state index in [1.54, 1.807) is 0 Å². The molecule has 2 aliphatic heterocycles. The maximum atomic E-state index is 12.3. The molecule has 132 valence electrons. The van der Waals surface area contributed by atoms with Gasteiger partial charge in [-0.3, -0.25) is 4.90 Å². The van der Waals surface area contributed by atoms with Gasteiger partial charge < -0.3 is 9.64 Å². The molecular formula is C18H27N3O2S. The number of amides is 1. The minimum absolute atomic E-state index is 0.169. The van der Waals surface area contributed by atoms with E-state index in [4.69, 9.17) is 9.72 Å². The Morgan fingerprint density at radius 2 is 2.12 bits per heavy atom. The van der Waals surface area contributed by atoms with Gasteiger partial charge in [-0.25, -0.2) is 9.78 Å². The van der Waals surface area contributed by atoms with Crippen molar-refractivity contribution in [3.8, 4) is 0 Å². The molecule has 1 saturated carbocycles. The minimum Gasteiger partial charge on any atom is -0.444 e. The van der Waals surface area contributed by atoms with Crippen LogP contribution in [0.2, 0.25) is 0 Å². The number of likely N-dealkylation sites (tertiary alicyclic amines) is 2. The van der Waals surface area contributed by atoms with Crippen LogP contribution in [0.5, 0.6) is 0 Å². The van der Waals surface area contributed by atoms with E-state index < -0.39 is 5.60 Å². The summed E-state index contributed by atoms with van der Waals surface area (Å²) in [5.41, 5.74) is 0.780. The Bertz CT molecular complexity index is 620. The number of piperidine rings is 1. The second-order valence-corrected chi connectivity index (χ2v) is 9.31.